The van der Waals surface area contributed by atoms with E-state index in [4.69, 9.17) is 5.73 Å². The first kappa shape index (κ1) is 5.28. The molecule has 44 valence electrons. The van der Waals surface area contributed by atoms with Crippen LogP contribution >= 0.6 is 0 Å². The number of aliphatic imine (C=N–C) groups is 2. The Kier molecular flexibility index (Phi) is 1.28. The quantitative estimate of drug-likeness (QED) is 0.463. The van der Waals surface area contributed by atoms with Crippen LogP contribution in [0.25, 0.3) is 0 Å². The van der Waals surface area contributed by atoms with Gasteiger partial charge in [0, 0.05) is 5.71 Å². The minimum Gasteiger partial charge on any atom is -0.386 e. The Morgan fingerprint density at radius 3 is 2.50 bits per heavy atom. The Balaban J connectivity index is 2.54. The topological polar surface area (TPSA) is 50.7 Å². The van der Waals surface area contributed by atoms with Crippen LogP contribution in [-0.4, -0.2) is 24.6 Å². The summed E-state index contributed by atoms with van der Waals surface area (Å²) < 4.78 is 0. The molecule has 0 saturated carbocycles. The number of rotatable bonds is 0. The fourth-order valence-electron chi connectivity index (χ4n) is 0.532. The molecule has 0 unspecified atom stereocenters. The van der Waals surface area contributed by atoms with Gasteiger partial charge in [-0.2, -0.15) is 0 Å². The lowest BCUT2D eigenvalue weighted by atomic mass is 10.4. The summed E-state index contributed by atoms with van der Waals surface area (Å²) >= 11 is 0. The number of hydrogen-bond acceptors (Lipinski definition) is 3. The molecule has 3 nitrogen and oxygen atoms in total. The zero-order valence-electron chi connectivity index (χ0n) is 4.89. The lowest BCUT2D eigenvalue weighted by Crippen LogP contribution is -2.22. The summed E-state index contributed by atoms with van der Waals surface area (Å²) in [5, 5.41) is 0. The molecule has 0 aromatic carbocycles. The van der Waals surface area contributed by atoms with Crippen molar-refractivity contribution in [1.82, 2.24) is 0 Å². The molecule has 0 amide bonds. The van der Waals surface area contributed by atoms with Crippen molar-refractivity contribution in [2.24, 2.45) is 15.7 Å². The maximum absolute atomic E-state index is 5.34. The molecule has 1 heterocycles. The van der Waals surface area contributed by atoms with E-state index in [0.29, 0.717) is 18.9 Å². The Labute approximate surface area is 48.3 Å². The highest BCUT2D eigenvalue weighted by molar-refractivity contribution is 5.93. The summed E-state index contributed by atoms with van der Waals surface area (Å²) in [6, 6.07) is 0. The molecule has 1 rings (SSSR count). The van der Waals surface area contributed by atoms with Crippen molar-refractivity contribution in [3.8, 4) is 0 Å². The number of nitrogens with two attached hydrogens (primary N) is 1. The first-order valence-electron chi connectivity index (χ1n) is 2.58. The second kappa shape index (κ2) is 1.94. The van der Waals surface area contributed by atoms with E-state index < -0.39 is 0 Å². The van der Waals surface area contributed by atoms with Gasteiger partial charge in [0.1, 0.15) is 5.84 Å². The number of amidine groups is 1. The number of hydrogen-bond donors (Lipinski definition) is 1. The van der Waals surface area contributed by atoms with Crippen molar-refractivity contribution < 1.29 is 0 Å². The molecule has 3 heteroatoms. The van der Waals surface area contributed by atoms with Crippen molar-refractivity contribution in [2.75, 3.05) is 13.1 Å². The highest BCUT2D eigenvalue weighted by Gasteiger charge is 1.97. The van der Waals surface area contributed by atoms with Crippen LogP contribution in [0, 0.1) is 0 Å². The van der Waals surface area contributed by atoms with Crippen molar-refractivity contribution in [3.63, 3.8) is 0 Å². The van der Waals surface area contributed by atoms with Crippen LogP contribution < -0.4 is 5.73 Å². The normalized spacial score (nSPS) is 19.6. The Morgan fingerprint density at radius 2 is 2.12 bits per heavy atom. The maximum Gasteiger partial charge on any atom is 0.116 e. The van der Waals surface area contributed by atoms with Gasteiger partial charge >= 0.3 is 0 Å². The third-order valence-corrected chi connectivity index (χ3v) is 1.02. The molecular formula is C5H9N3. The van der Waals surface area contributed by atoms with Gasteiger partial charge in [-0.3, -0.25) is 9.98 Å². The van der Waals surface area contributed by atoms with Gasteiger partial charge < -0.3 is 5.73 Å². The van der Waals surface area contributed by atoms with Crippen molar-refractivity contribution in [2.45, 2.75) is 6.92 Å². The van der Waals surface area contributed by atoms with Crippen LogP contribution in [0.4, 0.5) is 0 Å². The molecule has 0 aromatic heterocycles. The fourth-order valence-corrected chi connectivity index (χ4v) is 0.532. The predicted octanol–water partition coefficient (Wildman–Crippen LogP) is -0.182. The summed E-state index contributed by atoms with van der Waals surface area (Å²) in [6.45, 7) is 3.23. The molecule has 1 aliphatic rings. The van der Waals surface area contributed by atoms with E-state index in [2.05, 4.69) is 9.98 Å². The van der Waals surface area contributed by atoms with Crippen LogP contribution in [0.2, 0.25) is 0 Å². The highest BCUT2D eigenvalue weighted by atomic mass is 15.0. The molecule has 0 aliphatic carbocycles. The second-order valence-corrected chi connectivity index (χ2v) is 1.86. The molecule has 8 heavy (non-hydrogen) atoms. The van der Waals surface area contributed by atoms with E-state index in [0.717, 1.165) is 5.71 Å². The van der Waals surface area contributed by atoms with Gasteiger partial charge in [0.2, 0.25) is 0 Å². The van der Waals surface area contributed by atoms with Gasteiger partial charge in [0.05, 0.1) is 13.1 Å². The van der Waals surface area contributed by atoms with E-state index in [-0.39, 0.29) is 0 Å². The molecular weight excluding hydrogens is 102 g/mol. The Bertz CT molecular complexity index is 128. The fraction of sp³-hybridized carbons (Fsp3) is 0.600. The van der Waals surface area contributed by atoms with Crippen LogP contribution in [0.1, 0.15) is 6.92 Å². The molecule has 0 saturated heterocycles. The van der Waals surface area contributed by atoms with Crippen LogP contribution in [0.3, 0.4) is 0 Å². The zero-order valence-corrected chi connectivity index (χ0v) is 4.89. The lowest BCUT2D eigenvalue weighted by molar-refractivity contribution is 1.12. The summed E-state index contributed by atoms with van der Waals surface area (Å²) in [6.07, 6.45) is 0. The zero-order chi connectivity index (χ0) is 5.98. The maximum atomic E-state index is 5.34. The highest BCUT2D eigenvalue weighted by Crippen LogP contribution is 1.87. The van der Waals surface area contributed by atoms with Gasteiger partial charge in [0.15, 0.2) is 0 Å². The van der Waals surface area contributed by atoms with Crippen molar-refractivity contribution in [1.29, 1.82) is 0 Å². The number of nitrogens with zero attached hydrogens (tertiary/aromatic N) is 2. The SMILES string of the molecule is CC1=NCC(N)=NC1. The summed E-state index contributed by atoms with van der Waals surface area (Å²) in [5.41, 5.74) is 6.41. The first-order valence-corrected chi connectivity index (χ1v) is 2.58. The predicted molar refractivity (Wildman–Crippen MR) is 34.5 cm³/mol. The van der Waals surface area contributed by atoms with E-state index in [1.54, 1.807) is 0 Å². The average Bonchev–Trinajstić information content (AvgIpc) is 1.77. The van der Waals surface area contributed by atoms with Crippen molar-refractivity contribution >= 4 is 11.5 Å². The lowest BCUT2D eigenvalue weighted by Gasteiger charge is -2.03. The Hall–Kier alpha value is -0.860. The summed E-state index contributed by atoms with van der Waals surface area (Å²) in [7, 11) is 0. The largest absolute Gasteiger partial charge is 0.386 e. The summed E-state index contributed by atoms with van der Waals surface area (Å²) in [5.74, 6) is 0.649. The van der Waals surface area contributed by atoms with Gasteiger partial charge in [0.25, 0.3) is 0 Å². The van der Waals surface area contributed by atoms with Gasteiger partial charge in [-0.25, -0.2) is 0 Å². The average molecular weight is 111 g/mol. The van der Waals surface area contributed by atoms with E-state index in [1.807, 2.05) is 6.92 Å². The minimum absolute atomic E-state index is 0.589. The van der Waals surface area contributed by atoms with Crippen molar-refractivity contribution in [3.05, 3.63) is 0 Å². The minimum atomic E-state index is 0.589. The smallest absolute Gasteiger partial charge is 0.116 e. The van der Waals surface area contributed by atoms with Crippen LogP contribution in [0.15, 0.2) is 9.98 Å². The molecule has 0 fully saturated rings. The monoisotopic (exact) mass is 111 g/mol. The molecule has 0 spiro atoms. The Morgan fingerprint density at radius 1 is 1.38 bits per heavy atom. The second-order valence-electron chi connectivity index (χ2n) is 1.86. The molecule has 0 atom stereocenters. The first-order chi connectivity index (χ1) is 3.79. The van der Waals surface area contributed by atoms with Crippen LogP contribution in [0.5, 0.6) is 0 Å². The van der Waals surface area contributed by atoms with Crippen LogP contribution in [-0.2, 0) is 0 Å². The molecule has 1 aliphatic heterocycles. The third-order valence-electron chi connectivity index (χ3n) is 1.02. The molecule has 0 aromatic rings. The molecule has 0 bridgehead atoms. The van der Waals surface area contributed by atoms with Gasteiger partial charge in [-0.1, -0.05) is 0 Å². The molecule has 2 N–H and O–H groups in total. The third kappa shape index (κ3) is 1.05. The van der Waals surface area contributed by atoms with E-state index >= 15 is 0 Å². The molecule has 0 radical (unpaired) electrons. The van der Waals surface area contributed by atoms with Gasteiger partial charge in [-0.05, 0) is 6.92 Å². The summed E-state index contributed by atoms with van der Waals surface area (Å²) in [4.78, 5) is 8.05. The standard InChI is InChI=1S/C5H9N3/c1-4-2-8-5(6)3-7-4/h2-3H2,1H3,(H2,6,8). The van der Waals surface area contributed by atoms with E-state index in [1.165, 1.54) is 0 Å². The van der Waals surface area contributed by atoms with Gasteiger partial charge in [-0.15, -0.1) is 0 Å². The van der Waals surface area contributed by atoms with E-state index in [9.17, 15) is 0 Å².